The van der Waals surface area contributed by atoms with Crippen LogP contribution in [0.3, 0.4) is 0 Å². The predicted molar refractivity (Wildman–Crippen MR) is 78.5 cm³/mol. The molecule has 2 rings (SSSR count). The second-order valence-electron chi connectivity index (χ2n) is 4.53. The van der Waals surface area contributed by atoms with Gasteiger partial charge in [0.2, 0.25) is 5.91 Å². The molecule has 0 fully saturated rings. The van der Waals surface area contributed by atoms with Crippen molar-refractivity contribution in [3.05, 3.63) is 30.0 Å². The highest BCUT2D eigenvalue weighted by Crippen LogP contribution is 2.27. The molecular weight excluding hydrogens is 272 g/mol. The Bertz CT molecular complexity index is 687. The zero-order valence-corrected chi connectivity index (χ0v) is 11.8. The van der Waals surface area contributed by atoms with Crippen LogP contribution in [0.25, 0.3) is 10.9 Å². The first kappa shape index (κ1) is 14.7. The summed E-state index contributed by atoms with van der Waals surface area (Å²) in [6.07, 6.45) is 0. The van der Waals surface area contributed by atoms with Gasteiger partial charge in [-0.15, -0.1) is 10.2 Å². The van der Waals surface area contributed by atoms with E-state index in [1.165, 1.54) is 0 Å². The zero-order valence-electron chi connectivity index (χ0n) is 11.8. The summed E-state index contributed by atoms with van der Waals surface area (Å²) in [5.74, 6) is -1.36. The van der Waals surface area contributed by atoms with Gasteiger partial charge in [0.25, 0.3) is 0 Å². The number of nitrogens with one attached hydrogen (secondary N) is 1. The Labute approximate surface area is 121 Å². The van der Waals surface area contributed by atoms with Crippen LogP contribution in [-0.2, 0) is 4.79 Å². The molecule has 2 N–H and O–H groups in total. The number of hydrogen-bond acceptors (Lipinski definition) is 5. The number of likely N-dealkylation sites (N-methyl/N-ethyl adjacent to an activating group) is 2. The third kappa shape index (κ3) is 3.07. The average Bonchev–Trinajstić information content (AvgIpc) is 2.45. The monoisotopic (exact) mass is 288 g/mol. The lowest BCUT2D eigenvalue weighted by Crippen LogP contribution is -2.35. The van der Waals surface area contributed by atoms with E-state index in [0.717, 1.165) is 0 Å². The lowest BCUT2D eigenvalue weighted by molar-refractivity contribution is -0.119. The number of rotatable bonds is 5. The van der Waals surface area contributed by atoms with Crippen LogP contribution in [0.15, 0.2) is 24.3 Å². The summed E-state index contributed by atoms with van der Waals surface area (Å²) in [5, 5.41) is 20.3. The Morgan fingerprint density at radius 3 is 2.67 bits per heavy atom. The Balaban J connectivity index is 2.50. The number of anilines is 1. The standard InChI is InChI=1S/C14H16N4O3/c1-3-15-11(19)8-18(2)13-9-6-4-5-7-10(9)16-17-12(13)14(20)21/h4-7H,3,8H2,1-2H3,(H,15,19)(H,20,21). The molecule has 0 atom stereocenters. The number of fused-ring (bicyclic) bond motifs is 1. The molecule has 1 aromatic heterocycles. The highest BCUT2D eigenvalue weighted by atomic mass is 16.4. The summed E-state index contributed by atoms with van der Waals surface area (Å²) in [4.78, 5) is 24.6. The molecule has 1 heterocycles. The highest BCUT2D eigenvalue weighted by Gasteiger charge is 2.20. The van der Waals surface area contributed by atoms with Gasteiger partial charge < -0.3 is 15.3 Å². The summed E-state index contributed by atoms with van der Waals surface area (Å²) in [6, 6.07) is 7.10. The van der Waals surface area contributed by atoms with Gasteiger partial charge in [0.1, 0.15) is 0 Å². The molecule has 0 aliphatic carbocycles. The van der Waals surface area contributed by atoms with Crippen LogP contribution in [-0.4, -0.2) is 47.3 Å². The first-order valence-electron chi connectivity index (χ1n) is 6.51. The van der Waals surface area contributed by atoms with E-state index in [-0.39, 0.29) is 18.1 Å². The van der Waals surface area contributed by atoms with E-state index in [1.807, 2.05) is 6.92 Å². The number of nitrogens with zero attached hydrogens (tertiary/aromatic N) is 3. The maximum atomic E-state index is 11.7. The summed E-state index contributed by atoms with van der Waals surface area (Å²) in [5.41, 5.74) is 0.806. The Morgan fingerprint density at radius 1 is 1.29 bits per heavy atom. The number of carbonyl (C=O) groups is 2. The van der Waals surface area contributed by atoms with E-state index >= 15 is 0 Å². The Hall–Kier alpha value is -2.70. The number of hydrogen-bond donors (Lipinski definition) is 2. The lowest BCUT2D eigenvalue weighted by atomic mass is 10.1. The second kappa shape index (κ2) is 6.17. The van der Waals surface area contributed by atoms with Crippen LogP contribution in [0.5, 0.6) is 0 Å². The fourth-order valence-electron chi connectivity index (χ4n) is 2.12. The van der Waals surface area contributed by atoms with Gasteiger partial charge in [-0.25, -0.2) is 4.79 Å². The largest absolute Gasteiger partial charge is 0.476 e. The molecule has 1 amide bonds. The number of carboxylic acid groups (broad SMARTS) is 1. The highest BCUT2D eigenvalue weighted by molar-refractivity contribution is 6.03. The molecule has 7 heteroatoms. The van der Waals surface area contributed by atoms with Crippen molar-refractivity contribution in [3.8, 4) is 0 Å². The first-order chi connectivity index (χ1) is 10.0. The molecule has 0 aliphatic heterocycles. The number of aromatic nitrogens is 2. The molecule has 2 aromatic rings. The van der Waals surface area contributed by atoms with E-state index in [0.29, 0.717) is 23.1 Å². The van der Waals surface area contributed by atoms with Crippen molar-refractivity contribution < 1.29 is 14.7 Å². The van der Waals surface area contributed by atoms with Crippen LogP contribution >= 0.6 is 0 Å². The second-order valence-corrected chi connectivity index (χ2v) is 4.53. The van der Waals surface area contributed by atoms with Gasteiger partial charge in [-0.1, -0.05) is 18.2 Å². The predicted octanol–water partition coefficient (Wildman–Crippen LogP) is 0.900. The molecule has 0 unspecified atom stereocenters. The van der Waals surface area contributed by atoms with Gasteiger partial charge in [-0.3, -0.25) is 4.79 Å². The summed E-state index contributed by atoms with van der Waals surface area (Å²) < 4.78 is 0. The van der Waals surface area contributed by atoms with Crippen molar-refractivity contribution in [2.24, 2.45) is 0 Å². The maximum absolute atomic E-state index is 11.7. The maximum Gasteiger partial charge on any atom is 0.358 e. The number of carbonyl (C=O) groups excluding carboxylic acids is 1. The molecule has 7 nitrogen and oxygen atoms in total. The number of amides is 1. The molecule has 0 spiro atoms. The van der Waals surface area contributed by atoms with Crippen molar-refractivity contribution in [2.45, 2.75) is 6.92 Å². The van der Waals surface area contributed by atoms with Gasteiger partial charge in [-0.2, -0.15) is 0 Å². The van der Waals surface area contributed by atoms with Gasteiger partial charge in [-0.05, 0) is 13.0 Å². The first-order valence-corrected chi connectivity index (χ1v) is 6.51. The molecule has 110 valence electrons. The van der Waals surface area contributed by atoms with Gasteiger partial charge in [0.05, 0.1) is 17.7 Å². The molecule has 0 saturated heterocycles. The Kier molecular flexibility index (Phi) is 4.32. The van der Waals surface area contributed by atoms with Gasteiger partial charge in [0.15, 0.2) is 5.69 Å². The summed E-state index contributed by atoms with van der Waals surface area (Å²) >= 11 is 0. The number of benzene rings is 1. The van der Waals surface area contributed by atoms with Crippen LogP contribution in [0.4, 0.5) is 5.69 Å². The summed E-state index contributed by atoms with van der Waals surface area (Å²) in [7, 11) is 1.66. The van der Waals surface area contributed by atoms with E-state index < -0.39 is 5.97 Å². The fraction of sp³-hybridized carbons (Fsp3) is 0.286. The van der Waals surface area contributed by atoms with Crippen LogP contribution < -0.4 is 10.2 Å². The smallest absolute Gasteiger partial charge is 0.358 e. The third-order valence-corrected chi connectivity index (χ3v) is 2.98. The zero-order chi connectivity index (χ0) is 15.4. The molecule has 0 saturated carbocycles. The van der Waals surface area contributed by atoms with E-state index in [1.54, 1.807) is 36.2 Å². The lowest BCUT2D eigenvalue weighted by Gasteiger charge is -2.21. The molecule has 21 heavy (non-hydrogen) atoms. The average molecular weight is 288 g/mol. The minimum absolute atomic E-state index is 0.0454. The SMILES string of the molecule is CCNC(=O)CN(C)c1c(C(=O)O)nnc2ccccc12. The third-order valence-electron chi connectivity index (χ3n) is 2.98. The van der Waals surface area contributed by atoms with Crippen molar-refractivity contribution >= 4 is 28.5 Å². The van der Waals surface area contributed by atoms with E-state index in [2.05, 4.69) is 15.5 Å². The van der Waals surface area contributed by atoms with Crippen LogP contribution in [0, 0.1) is 0 Å². The number of aromatic carboxylic acids is 1. The molecule has 0 bridgehead atoms. The normalized spacial score (nSPS) is 10.4. The quantitative estimate of drug-likeness (QED) is 0.848. The van der Waals surface area contributed by atoms with Gasteiger partial charge >= 0.3 is 5.97 Å². The van der Waals surface area contributed by atoms with Crippen LogP contribution in [0.1, 0.15) is 17.4 Å². The van der Waals surface area contributed by atoms with Crippen molar-refractivity contribution in [3.63, 3.8) is 0 Å². The molecule has 0 aliphatic rings. The fourth-order valence-corrected chi connectivity index (χ4v) is 2.12. The molecule has 0 radical (unpaired) electrons. The Morgan fingerprint density at radius 2 is 2.00 bits per heavy atom. The molecule has 1 aromatic carbocycles. The van der Waals surface area contributed by atoms with Crippen molar-refractivity contribution in [1.82, 2.24) is 15.5 Å². The van der Waals surface area contributed by atoms with Crippen molar-refractivity contribution in [1.29, 1.82) is 0 Å². The number of carboxylic acids is 1. The van der Waals surface area contributed by atoms with Crippen molar-refractivity contribution in [2.75, 3.05) is 25.0 Å². The molecular formula is C14H16N4O3. The van der Waals surface area contributed by atoms with E-state index in [4.69, 9.17) is 0 Å². The van der Waals surface area contributed by atoms with Crippen LogP contribution in [0.2, 0.25) is 0 Å². The van der Waals surface area contributed by atoms with Gasteiger partial charge in [0, 0.05) is 19.0 Å². The summed E-state index contributed by atoms with van der Waals surface area (Å²) in [6.45, 7) is 2.39. The minimum Gasteiger partial charge on any atom is -0.476 e. The van der Waals surface area contributed by atoms with E-state index in [9.17, 15) is 14.7 Å². The topological polar surface area (TPSA) is 95.4 Å². The minimum atomic E-state index is -1.17.